The molecule has 3 aromatic heterocycles. The van der Waals surface area contributed by atoms with E-state index < -0.39 is 0 Å². The Hall–Kier alpha value is -7.21. The molecule has 0 aliphatic rings. The Balaban J connectivity index is 1.00. The van der Waals surface area contributed by atoms with E-state index in [-0.39, 0.29) is 0 Å². The normalized spacial score (nSPS) is 11.9. The zero-order valence-corrected chi connectivity index (χ0v) is 30.7. The average Bonchev–Trinajstić information content (AvgIpc) is 3.85. The van der Waals surface area contributed by atoms with Gasteiger partial charge in [0.1, 0.15) is 11.2 Å². The first-order valence-corrected chi connectivity index (χ1v) is 19.6. The third-order valence-electron chi connectivity index (χ3n) is 11.1. The molecule has 0 bridgehead atoms. The van der Waals surface area contributed by atoms with E-state index >= 15 is 0 Å². The van der Waals surface area contributed by atoms with Crippen LogP contribution in [0.4, 0.5) is 0 Å². The van der Waals surface area contributed by atoms with Crippen LogP contribution in [0.3, 0.4) is 0 Å². The highest BCUT2D eigenvalue weighted by atomic mass is 32.1. The first kappa shape index (κ1) is 31.2. The molecule has 4 nitrogen and oxygen atoms in total. The van der Waals surface area contributed by atoms with Gasteiger partial charge in [-0.2, -0.15) is 0 Å². The number of rotatable bonds is 5. The van der Waals surface area contributed by atoms with Gasteiger partial charge in [-0.05, 0) is 86.3 Å². The molecule has 0 fully saturated rings. The lowest BCUT2D eigenvalue weighted by atomic mass is 9.91. The van der Waals surface area contributed by atoms with Gasteiger partial charge in [-0.25, -0.2) is 15.0 Å². The minimum atomic E-state index is 0.630. The summed E-state index contributed by atoms with van der Waals surface area (Å²) in [5, 5.41) is 10.1. The molecule has 3 heterocycles. The summed E-state index contributed by atoms with van der Waals surface area (Å²) in [5.74, 6) is 1.92. The van der Waals surface area contributed by atoms with Gasteiger partial charge in [-0.1, -0.05) is 133 Å². The second-order valence-corrected chi connectivity index (χ2v) is 15.4. The second-order valence-electron chi connectivity index (χ2n) is 14.3. The van der Waals surface area contributed by atoms with Crippen LogP contribution < -0.4 is 0 Å². The van der Waals surface area contributed by atoms with E-state index in [2.05, 4.69) is 115 Å². The number of nitrogens with zero attached hydrogens (tertiary/aromatic N) is 3. The summed E-state index contributed by atoms with van der Waals surface area (Å²) in [6, 6.07) is 62.0. The molecule has 0 saturated heterocycles. The van der Waals surface area contributed by atoms with Gasteiger partial charge >= 0.3 is 0 Å². The Morgan fingerprint density at radius 2 is 0.875 bits per heavy atom. The molecule has 0 saturated carbocycles. The topological polar surface area (TPSA) is 51.8 Å². The van der Waals surface area contributed by atoms with Crippen LogP contribution >= 0.6 is 11.3 Å². The van der Waals surface area contributed by atoms with Crippen LogP contribution in [0.1, 0.15) is 0 Å². The maximum absolute atomic E-state index is 6.52. The van der Waals surface area contributed by atoms with Crippen molar-refractivity contribution >= 4 is 75.0 Å². The maximum atomic E-state index is 6.52. The van der Waals surface area contributed by atoms with Gasteiger partial charge in [0.25, 0.3) is 0 Å². The van der Waals surface area contributed by atoms with Crippen LogP contribution in [-0.4, -0.2) is 15.0 Å². The van der Waals surface area contributed by atoms with Crippen molar-refractivity contribution in [2.45, 2.75) is 0 Å². The fraction of sp³-hybridized carbons (Fsp3) is 0. The molecule has 0 spiro atoms. The van der Waals surface area contributed by atoms with Gasteiger partial charge < -0.3 is 4.42 Å². The van der Waals surface area contributed by atoms with Gasteiger partial charge in [0.05, 0.1) is 0 Å². The molecule has 0 atom stereocenters. The molecule has 260 valence electrons. The van der Waals surface area contributed by atoms with Crippen molar-refractivity contribution in [3.05, 3.63) is 176 Å². The van der Waals surface area contributed by atoms with E-state index in [1.807, 2.05) is 72.0 Å². The number of thiophene rings is 1. The van der Waals surface area contributed by atoms with Crippen molar-refractivity contribution in [2.75, 3.05) is 0 Å². The molecule has 12 rings (SSSR count). The van der Waals surface area contributed by atoms with E-state index in [9.17, 15) is 0 Å². The lowest BCUT2D eigenvalue weighted by molar-refractivity contribution is 0.669. The Kier molecular flexibility index (Phi) is 6.76. The molecular formula is C51H29N3OS. The lowest BCUT2D eigenvalue weighted by Crippen LogP contribution is -2.00. The number of fused-ring (bicyclic) bond motifs is 6. The van der Waals surface area contributed by atoms with Crippen LogP contribution in [0.5, 0.6) is 0 Å². The SMILES string of the molecule is c1ccc(-c2nc(-c3ccccc3)nc(-c3cccc(-c4ccc5oc6cccc(-c7ccc8c(c7)c7cccc9sc%10cccc8c%10c97)c6c5c4)c3)n2)cc1. The van der Waals surface area contributed by atoms with E-state index in [0.717, 1.165) is 55.3 Å². The molecule has 12 aromatic rings. The Morgan fingerprint density at radius 3 is 1.59 bits per heavy atom. The smallest absolute Gasteiger partial charge is 0.164 e. The minimum absolute atomic E-state index is 0.630. The van der Waals surface area contributed by atoms with E-state index in [4.69, 9.17) is 19.4 Å². The van der Waals surface area contributed by atoms with Crippen molar-refractivity contribution in [1.82, 2.24) is 15.0 Å². The summed E-state index contributed by atoms with van der Waals surface area (Å²) in [7, 11) is 0. The minimum Gasteiger partial charge on any atom is -0.456 e. The van der Waals surface area contributed by atoms with Gasteiger partial charge in [0.2, 0.25) is 0 Å². The molecule has 0 aliphatic carbocycles. The van der Waals surface area contributed by atoms with Crippen molar-refractivity contribution in [3.8, 4) is 56.4 Å². The summed E-state index contributed by atoms with van der Waals surface area (Å²) < 4.78 is 9.20. The number of benzene rings is 9. The van der Waals surface area contributed by atoms with Crippen LogP contribution in [-0.2, 0) is 0 Å². The van der Waals surface area contributed by atoms with Gasteiger partial charge in [-0.15, -0.1) is 11.3 Å². The summed E-state index contributed by atoms with van der Waals surface area (Å²) >= 11 is 1.88. The first-order valence-electron chi connectivity index (χ1n) is 18.8. The van der Waals surface area contributed by atoms with E-state index in [0.29, 0.717) is 17.5 Å². The van der Waals surface area contributed by atoms with E-state index in [1.165, 1.54) is 47.3 Å². The standard InChI is InChI=1S/C51H29N3OS/c1-3-11-30(12-4-1)49-52-50(31-13-5-2-6-14-31)54-51(53-49)35-16-7-15-32(27-35)33-24-26-42-41(28-33)46-36(17-8-20-43(46)55-42)34-23-25-37-38-18-9-21-44-47(38)48-39(40(37)29-34)19-10-22-45(48)56-44/h1-29H. The zero-order valence-electron chi connectivity index (χ0n) is 29.9. The quantitative estimate of drug-likeness (QED) is 0.165. The number of aromatic nitrogens is 3. The maximum Gasteiger partial charge on any atom is 0.164 e. The largest absolute Gasteiger partial charge is 0.456 e. The summed E-state index contributed by atoms with van der Waals surface area (Å²) in [6.45, 7) is 0. The van der Waals surface area contributed by atoms with Crippen molar-refractivity contribution < 1.29 is 4.42 Å². The number of hydrogen-bond acceptors (Lipinski definition) is 5. The van der Waals surface area contributed by atoms with Gasteiger partial charge in [0.15, 0.2) is 17.5 Å². The third kappa shape index (κ3) is 4.81. The van der Waals surface area contributed by atoms with Crippen molar-refractivity contribution in [1.29, 1.82) is 0 Å². The average molecular weight is 732 g/mol. The molecule has 56 heavy (non-hydrogen) atoms. The molecule has 5 heteroatoms. The highest BCUT2D eigenvalue weighted by molar-refractivity contribution is 7.26. The van der Waals surface area contributed by atoms with Crippen LogP contribution in [0.25, 0.3) is 120 Å². The molecular weight excluding hydrogens is 703 g/mol. The molecule has 0 aliphatic heterocycles. The third-order valence-corrected chi connectivity index (χ3v) is 12.2. The van der Waals surface area contributed by atoms with Crippen LogP contribution in [0, 0.1) is 0 Å². The predicted molar refractivity (Wildman–Crippen MR) is 233 cm³/mol. The molecule has 0 radical (unpaired) electrons. The second kappa shape index (κ2) is 12.2. The Morgan fingerprint density at radius 1 is 0.321 bits per heavy atom. The summed E-state index contributed by atoms with van der Waals surface area (Å²) in [6.07, 6.45) is 0. The number of furan rings is 1. The van der Waals surface area contributed by atoms with Gasteiger partial charge in [0, 0.05) is 47.6 Å². The van der Waals surface area contributed by atoms with Crippen LogP contribution in [0.15, 0.2) is 180 Å². The fourth-order valence-corrected chi connectivity index (χ4v) is 9.67. The Labute approximate surface area is 325 Å². The fourth-order valence-electron chi connectivity index (χ4n) is 8.51. The first-order chi connectivity index (χ1) is 27.7. The zero-order chi connectivity index (χ0) is 36.7. The number of hydrogen-bond donors (Lipinski definition) is 0. The lowest BCUT2D eigenvalue weighted by Gasteiger charge is -2.12. The summed E-state index contributed by atoms with van der Waals surface area (Å²) in [5.41, 5.74) is 9.04. The van der Waals surface area contributed by atoms with Crippen molar-refractivity contribution in [2.24, 2.45) is 0 Å². The highest BCUT2D eigenvalue weighted by Gasteiger charge is 2.19. The predicted octanol–water partition coefficient (Wildman–Crippen LogP) is 14.2. The van der Waals surface area contributed by atoms with Crippen molar-refractivity contribution in [3.63, 3.8) is 0 Å². The van der Waals surface area contributed by atoms with Gasteiger partial charge in [-0.3, -0.25) is 0 Å². The Bertz CT molecular complexity index is 3420. The molecule has 0 amide bonds. The molecule has 0 unspecified atom stereocenters. The van der Waals surface area contributed by atoms with Crippen LogP contribution in [0.2, 0.25) is 0 Å². The van der Waals surface area contributed by atoms with E-state index in [1.54, 1.807) is 0 Å². The summed E-state index contributed by atoms with van der Waals surface area (Å²) in [4.78, 5) is 14.9. The molecule has 9 aromatic carbocycles. The highest BCUT2D eigenvalue weighted by Crippen LogP contribution is 2.46. The molecule has 0 N–H and O–H groups in total. The monoisotopic (exact) mass is 731 g/mol.